The first kappa shape index (κ1) is 21.5. The fraction of sp³-hybridized carbons (Fsp3) is 0.609. The molecule has 0 saturated carbocycles. The predicted molar refractivity (Wildman–Crippen MR) is 122 cm³/mol. The minimum absolute atomic E-state index is 0.259. The summed E-state index contributed by atoms with van der Waals surface area (Å²) in [6.45, 7) is 8.01. The maximum absolute atomic E-state index is 11.1. The van der Waals surface area contributed by atoms with Gasteiger partial charge in [0.2, 0.25) is 12.4 Å². The fourth-order valence-electron chi connectivity index (χ4n) is 4.86. The van der Waals surface area contributed by atoms with Crippen LogP contribution in [0.25, 0.3) is 10.9 Å². The van der Waals surface area contributed by atoms with Gasteiger partial charge in [-0.05, 0) is 37.2 Å². The summed E-state index contributed by atoms with van der Waals surface area (Å²) in [4.78, 5) is 25.1. The van der Waals surface area contributed by atoms with E-state index in [4.69, 9.17) is 19.4 Å². The molecule has 1 amide bonds. The van der Waals surface area contributed by atoms with Crippen molar-refractivity contribution in [2.45, 2.75) is 39.2 Å². The topological polar surface area (TPSA) is 79.8 Å². The number of piperidine rings is 2. The molecule has 8 nitrogen and oxygen atoms in total. The molecule has 0 radical (unpaired) electrons. The van der Waals surface area contributed by atoms with Gasteiger partial charge >= 0.3 is 0 Å². The van der Waals surface area contributed by atoms with Crippen molar-refractivity contribution in [2.24, 2.45) is 11.8 Å². The van der Waals surface area contributed by atoms with Gasteiger partial charge in [0.1, 0.15) is 5.82 Å². The van der Waals surface area contributed by atoms with E-state index in [9.17, 15) is 4.79 Å². The SMILES string of the molecule is COc1cc2nc(N3CC(C)CC(C)C3)nc(NC3CCN(C=O)CC3)c2cc1OC. The predicted octanol–water partition coefficient (Wildman–Crippen LogP) is 3.16. The molecule has 31 heavy (non-hydrogen) atoms. The Kier molecular flexibility index (Phi) is 6.34. The third-order valence-electron chi connectivity index (χ3n) is 6.36. The van der Waals surface area contributed by atoms with Crippen LogP contribution >= 0.6 is 0 Å². The van der Waals surface area contributed by atoms with Crippen LogP contribution in [-0.4, -0.2) is 67.7 Å². The molecule has 2 fully saturated rings. The van der Waals surface area contributed by atoms with Gasteiger partial charge in [-0.15, -0.1) is 0 Å². The number of ether oxygens (including phenoxy) is 2. The van der Waals surface area contributed by atoms with Crippen molar-refractivity contribution in [3.63, 3.8) is 0 Å². The summed E-state index contributed by atoms with van der Waals surface area (Å²) in [7, 11) is 3.28. The molecular formula is C23H33N5O3. The average molecular weight is 428 g/mol. The first-order valence-corrected chi connectivity index (χ1v) is 11.1. The van der Waals surface area contributed by atoms with E-state index in [1.807, 2.05) is 17.0 Å². The minimum atomic E-state index is 0.259. The quantitative estimate of drug-likeness (QED) is 0.710. The molecule has 4 rings (SSSR count). The molecule has 2 aliphatic heterocycles. The molecule has 2 atom stereocenters. The number of methoxy groups -OCH3 is 2. The van der Waals surface area contributed by atoms with E-state index in [-0.39, 0.29) is 6.04 Å². The standard InChI is InChI=1S/C23H33N5O3/c1-15-9-16(2)13-28(12-15)23-25-19-11-21(31-4)20(30-3)10-18(19)22(26-23)24-17-5-7-27(14-29)8-6-17/h10-11,14-17H,5-9,12-13H2,1-4H3,(H,24,25,26). The van der Waals surface area contributed by atoms with Crippen molar-refractivity contribution in [2.75, 3.05) is 50.6 Å². The Hall–Kier alpha value is -2.77. The Balaban J connectivity index is 1.72. The molecule has 3 heterocycles. The monoisotopic (exact) mass is 427 g/mol. The van der Waals surface area contributed by atoms with Gasteiger partial charge < -0.3 is 24.6 Å². The number of anilines is 2. The van der Waals surface area contributed by atoms with E-state index in [0.717, 1.165) is 68.1 Å². The van der Waals surface area contributed by atoms with Crippen molar-refractivity contribution in [3.8, 4) is 11.5 Å². The number of nitrogens with one attached hydrogen (secondary N) is 1. The Bertz CT molecular complexity index is 919. The van der Waals surface area contributed by atoms with E-state index in [2.05, 4.69) is 24.1 Å². The number of amides is 1. The summed E-state index contributed by atoms with van der Waals surface area (Å²) in [6.07, 6.45) is 3.95. The smallest absolute Gasteiger partial charge is 0.227 e. The van der Waals surface area contributed by atoms with Crippen molar-refractivity contribution >= 4 is 29.1 Å². The van der Waals surface area contributed by atoms with Gasteiger partial charge in [-0.1, -0.05) is 13.8 Å². The Morgan fingerprint density at radius 2 is 1.68 bits per heavy atom. The molecule has 2 aromatic rings. The number of carbonyl (C=O) groups is 1. The number of benzene rings is 1. The lowest BCUT2D eigenvalue weighted by molar-refractivity contribution is -0.118. The van der Waals surface area contributed by atoms with E-state index in [1.165, 1.54) is 6.42 Å². The third-order valence-corrected chi connectivity index (χ3v) is 6.36. The van der Waals surface area contributed by atoms with Crippen LogP contribution in [0.1, 0.15) is 33.1 Å². The molecule has 1 aromatic heterocycles. The number of likely N-dealkylation sites (tertiary alicyclic amines) is 1. The van der Waals surface area contributed by atoms with Crippen molar-refractivity contribution in [1.82, 2.24) is 14.9 Å². The fourth-order valence-corrected chi connectivity index (χ4v) is 4.86. The number of hydrogen-bond donors (Lipinski definition) is 1. The summed E-state index contributed by atoms with van der Waals surface area (Å²) in [5.41, 5.74) is 0.835. The largest absolute Gasteiger partial charge is 0.493 e. The number of rotatable bonds is 6. The van der Waals surface area contributed by atoms with Gasteiger partial charge in [0, 0.05) is 43.7 Å². The summed E-state index contributed by atoms with van der Waals surface area (Å²) in [5, 5.41) is 4.56. The summed E-state index contributed by atoms with van der Waals surface area (Å²) in [5.74, 6) is 4.10. The van der Waals surface area contributed by atoms with Gasteiger partial charge in [-0.25, -0.2) is 4.98 Å². The van der Waals surface area contributed by atoms with Gasteiger partial charge in [0.25, 0.3) is 0 Å². The van der Waals surface area contributed by atoms with Crippen molar-refractivity contribution < 1.29 is 14.3 Å². The normalized spacial score (nSPS) is 22.5. The lowest BCUT2D eigenvalue weighted by atomic mass is 9.92. The maximum Gasteiger partial charge on any atom is 0.227 e. The molecule has 0 spiro atoms. The van der Waals surface area contributed by atoms with E-state index >= 15 is 0 Å². The summed E-state index contributed by atoms with van der Waals surface area (Å²) < 4.78 is 11.0. The summed E-state index contributed by atoms with van der Waals surface area (Å²) in [6, 6.07) is 4.13. The molecule has 2 saturated heterocycles. The van der Waals surface area contributed by atoms with Crippen LogP contribution in [0.4, 0.5) is 11.8 Å². The van der Waals surface area contributed by atoms with E-state index < -0.39 is 0 Å². The molecule has 1 N–H and O–H groups in total. The number of aromatic nitrogens is 2. The third kappa shape index (κ3) is 4.62. The molecule has 0 bridgehead atoms. The van der Waals surface area contributed by atoms with Gasteiger partial charge in [-0.3, -0.25) is 4.79 Å². The van der Waals surface area contributed by atoms with Crippen LogP contribution in [0, 0.1) is 11.8 Å². The second kappa shape index (κ2) is 9.16. The van der Waals surface area contributed by atoms with Crippen LogP contribution in [0.5, 0.6) is 11.5 Å². The van der Waals surface area contributed by atoms with Crippen LogP contribution in [0.2, 0.25) is 0 Å². The van der Waals surface area contributed by atoms with Gasteiger partial charge in [-0.2, -0.15) is 4.98 Å². The van der Waals surface area contributed by atoms with Crippen LogP contribution in [-0.2, 0) is 4.79 Å². The maximum atomic E-state index is 11.1. The molecule has 0 aliphatic carbocycles. The van der Waals surface area contributed by atoms with Crippen LogP contribution in [0.3, 0.4) is 0 Å². The minimum Gasteiger partial charge on any atom is -0.493 e. The first-order chi connectivity index (χ1) is 15.0. The zero-order valence-corrected chi connectivity index (χ0v) is 18.9. The molecule has 168 valence electrons. The molecule has 8 heteroatoms. The highest BCUT2D eigenvalue weighted by atomic mass is 16.5. The van der Waals surface area contributed by atoms with E-state index in [1.54, 1.807) is 14.2 Å². The first-order valence-electron chi connectivity index (χ1n) is 11.1. The Labute approximate surface area is 183 Å². The number of fused-ring (bicyclic) bond motifs is 1. The van der Waals surface area contributed by atoms with Crippen LogP contribution < -0.4 is 19.7 Å². The number of nitrogens with zero attached hydrogens (tertiary/aromatic N) is 4. The molecule has 2 unspecified atom stereocenters. The second-order valence-corrected chi connectivity index (χ2v) is 9.01. The summed E-state index contributed by atoms with van der Waals surface area (Å²) >= 11 is 0. The second-order valence-electron chi connectivity index (χ2n) is 9.01. The van der Waals surface area contributed by atoms with E-state index in [0.29, 0.717) is 23.3 Å². The highest BCUT2D eigenvalue weighted by Crippen LogP contribution is 2.36. The highest BCUT2D eigenvalue weighted by Gasteiger charge is 2.26. The Morgan fingerprint density at radius 3 is 2.29 bits per heavy atom. The lowest BCUT2D eigenvalue weighted by Gasteiger charge is -2.35. The molecular weight excluding hydrogens is 394 g/mol. The number of carbonyl (C=O) groups excluding carboxylic acids is 1. The lowest BCUT2D eigenvalue weighted by Crippen LogP contribution is -2.40. The average Bonchev–Trinajstić information content (AvgIpc) is 2.77. The molecule has 1 aromatic carbocycles. The highest BCUT2D eigenvalue weighted by molar-refractivity contribution is 5.93. The zero-order valence-electron chi connectivity index (χ0n) is 18.9. The zero-order chi connectivity index (χ0) is 22.0. The number of hydrogen-bond acceptors (Lipinski definition) is 7. The Morgan fingerprint density at radius 1 is 1.03 bits per heavy atom. The van der Waals surface area contributed by atoms with Gasteiger partial charge in [0.05, 0.1) is 19.7 Å². The van der Waals surface area contributed by atoms with Crippen molar-refractivity contribution in [3.05, 3.63) is 12.1 Å². The molecule has 2 aliphatic rings. The van der Waals surface area contributed by atoms with Crippen molar-refractivity contribution in [1.29, 1.82) is 0 Å². The van der Waals surface area contributed by atoms with Crippen LogP contribution in [0.15, 0.2) is 12.1 Å². The van der Waals surface area contributed by atoms with Gasteiger partial charge in [0.15, 0.2) is 11.5 Å².